The molecule has 2 aromatic rings. The van der Waals surface area contributed by atoms with Crippen molar-refractivity contribution in [1.29, 1.82) is 0 Å². The van der Waals surface area contributed by atoms with E-state index in [0.29, 0.717) is 17.7 Å². The van der Waals surface area contributed by atoms with Gasteiger partial charge in [-0.05, 0) is 59.9 Å². The molecule has 2 fully saturated rings. The van der Waals surface area contributed by atoms with Crippen LogP contribution in [0.2, 0.25) is 5.02 Å². The summed E-state index contributed by atoms with van der Waals surface area (Å²) < 4.78 is 6.28. The van der Waals surface area contributed by atoms with Crippen molar-refractivity contribution in [3.63, 3.8) is 0 Å². The second-order valence-corrected chi connectivity index (χ2v) is 10.3. The fraction of sp³-hybridized carbons (Fsp3) is 0.409. The molecule has 0 aliphatic carbocycles. The molecule has 154 valence electrons. The molecule has 0 unspecified atom stereocenters. The minimum Gasteiger partial charge on any atom is -0.484 e. The maximum atomic E-state index is 12.5. The summed E-state index contributed by atoms with van der Waals surface area (Å²) in [5.41, 5.74) is 2.48. The van der Waals surface area contributed by atoms with E-state index >= 15 is 0 Å². The van der Waals surface area contributed by atoms with E-state index in [4.69, 9.17) is 16.3 Å². The third kappa shape index (κ3) is 5.56. The van der Waals surface area contributed by atoms with Gasteiger partial charge in [0.05, 0.1) is 4.58 Å². The molecule has 7 heteroatoms. The van der Waals surface area contributed by atoms with E-state index in [1.165, 1.54) is 23.5 Å². The first-order valence-electron chi connectivity index (χ1n) is 9.93. The summed E-state index contributed by atoms with van der Waals surface area (Å²) >= 11 is 9.98. The molecule has 2 aliphatic heterocycles. The van der Waals surface area contributed by atoms with Crippen molar-refractivity contribution in [2.45, 2.75) is 11.0 Å². The number of hydrogen-bond acceptors (Lipinski definition) is 5. The van der Waals surface area contributed by atoms with E-state index in [1.54, 1.807) is 0 Å². The molecule has 0 saturated carbocycles. The number of anilines is 1. The van der Waals surface area contributed by atoms with Gasteiger partial charge in [0.1, 0.15) is 5.75 Å². The van der Waals surface area contributed by atoms with Gasteiger partial charge in [0.25, 0.3) is 5.91 Å². The Labute approximate surface area is 185 Å². The highest BCUT2D eigenvalue weighted by molar-refractivity contribution is 8.16. The molecule has 0 bridgehead atoms. The Hall–Kier alpha value is -1.50. The molecule has 0 spiro atoms. The lowest BCUT2D eigenvalue weighted by Gasteiger charge is -2.36. The van der Waals surface area contributed by atoms with Crippen LogP contribution in [-0.4, -0.2) is 55.1 Å². The number of carbonyl (C=O) groups excluding carboxylic acids is 1. The lowest BCUT2D eigenvalue weighted by molar-refractivity contribution is -0.133. The molecule has 2 saturated heterocycles. The second-order valence-electron chi connectivity index (χ2n) is 7.13. The Bertz CT molecular complexity index is 803. The lowest BCUT2D eigenvalue weighted by atomic mass is 10.2. The van der Waals surface area contributed by atoms with Gasteiger partial charge < -0.3 is 14.5 Å². The molecular formula is C22H25ClN2O2S2. The average molecular weight is 449 g/mol. The maximum Gasteiger partial charge on any atom is 0.260 e. The molecule has 2 aromatic carbocycles. The van der Waals surface area contributed by atoms with E-state index in [2.05, 4.69) is 17.0 Å². The summed E-state index contributed by atoms with van der Waals surface area (Å²) in [5, 5.41) is 0.740. The molecule has 2 aliphatic rings. The largest absolute Gasteiger partial charge is 0.484 e. The molecule has 1 amide bonds. The summed E-state index contributed by atoms with van der Waals surface area (Å²) in [6.45, 7) is 3.14. The van der Waals surface area contributed by atoms with Gasteiger partial charge in [-0.1, -0.05) is 23.7 Å². The van der Waals surface area contributed by atoms with Gasteiger partial charge in [0.15, 0.2) is 6.61 Å². The predicted molar refractivity (Wildman–Crippen MR) is 124 cm³/mol. The quantitative estimate of drug-likeness (QED) is 0.647. The van der Waals surface area contributed by atoms with Crippen molar-refractivity contribution in [1.82, 2.24) is 4.90 Å². The maximum absolute atomic E-state index is 12.5. The van der Waals surface area contributed by atoms with E-state index in [0.717, 1.165) is 29.5 Å². The van der Waals surface area contributed by atoms with Gasteiger partial charge in [-0.3, -0.25) is 4.79 Å². The monoisotopic (exact) mass is 448 g/mol. The van der Waals surface area contributed by atoms with Crippen molar-refractivity contribution in [3.8, 4) is 5.75 Å². The van der Waals surface area contributed by atoms with E-state index in [1.807, 2.05) is 64.8 Å². The molecule has 4 rings (SSSR count). The first-order valence-corrected chi connectivity index (χ1v) is 12.4. The van der Waals surface area contributed by atoms with Gasteiger partial charge in [0.2, 0.25) is 0 Å². The third-order valence-corrected chi connectivity index (χ3v) is 8.43. The molecular weight excluding hydrogens is 424 g/mol. The highest BCUT2D eigenvalue weighted by Gasteiger charge is 2.22. The second kappa shape index (κ2) is 10.0. The number of nitrogens with zero attached hydrogens (tertiary/aromatic N) is 2. The van der Waals surface area contributed by atoms with Crippen LogP contribution in [0.3, 0.4) is 0 Å². The van der Waals surface area contributed by atoms with Gasteiger partial charge >= 0.3 is 0 Å². The van der Waals surface area contributed by atoms with Crippen molar-refractivity contribution in [3.05, 3.63) is 59.1 Å². The highest BCUT2D eigenvalue weighted by atomic mass is 35.5. The molecule has 0 radical (unpaired) electrons. The first kappa shape index (κ1) is 20.8. The molecule has 2 heterocycles. The van der Waals surface area contributed by atoms with Crippen LogP contribution in [0.25, 0.3) is 0 Å². The van der Waals surface area contributed by atoms with Crippen molar-refractivity contribution in [2.75, 3.05) is 49.2 Å². The van der Waals surface area contributed by atoms with Crippen LogP contribution in [0.15, 0.2) is 48.5 Å². The number of amides is 1. The van der Waals surface area contributed by atoms with Crippen LogP contribution in [0.4, 0.5) is 5.69 Å². The normalized spacial score (nSPS) is 18.0. The summed E-state index contributed by atoms with van der Waals surface area (Å²) in [5.74, 6) is 3.27. The van der Waals surface area contributed by atoms with Crippen LogP contribution in [0, 0.1) is 0 Å². The minimum absolute atomic E-state index is 0.0447. The fourth-order valence-electron chi connectivity index (χ4n) is 3.50. The molecule has 4 nitrogen and oxygen atoms in total. The topological polar surface area (TPSA) is 32.8 Å². The summed E-state index contributed by atoms with van der Waals surface area (Å²) in [4.78, 5) is 16.7. The van der Waals surface area contributed by atoms with E-state index in [-0.39, 0.29) is 12.5 Å². The van der Waals surface area contributed by atoms with Crippen LogP contribution in [0.5, 0.6) is 5.75 Å². The van der Waals surface area contributed by atoms with Gasteiger partial charge in [0, 0.05) is 36.9 Å². The summed E-state index contributed by atoms with van der Waals surface area (Å²) in [6.07, 6.45) is 1.29. The average Bonchev–Trinajstić information content (AvgIpc) is 2.79. The number of halogens is 1. The Morgan fingerprint density at radius 3 is 2.28 bits per heavy atom. The lowest BCUT2D eigenvalue weighted by Crippen LogP contribution is -2.50. The number of rotatable bonds is 5. The van der Waals surface area contributed by atoms with E-state index in [9.17, 15) is 4.79 Å². The smallest absolute Gasteiger partial charge is 0.260 e. The number of ether oxygens (including phenoxy) is 1. The Kier molecular flexibility index (Phi) is 7.16. The zero-order valence-electron chi connectivity index (χ0n) is 16.3. The van der Waals surface area contributed by atoms with Gasteiger partial charge in [-0.15, -0.1) is 23.5 Å². The van der Waals surface area contributed by atoms with Crippen molar-refractivity contribution in [2.24, 2.45) is 0 Å². The number of piperazine rings is 1. The zero-order chi connectivity index (χ0) is 20.1. The van der Waals surface area contributed by atoms with Crippen LogP contribution < -0.4 is 9.64 Å². The number of carbonyl (C=O) groups is 1. The number of benzene rings is 2. The Morgan fingerprint density at radius 2 is 1.62 bits per heavy atom. The third-order valence-electron chi connectivity index (χ3n) is 5.17. The molecule has 29 heavy (non-hydrogen) atoms. The van der Waals surface area contributed by atoms with Crippen LogP contribution >= 0.6 is 35.1 Å². The molecule has 0 N–H and O–H groups in total. The number of hydrogen-bond donors (Lipinski definition) is 0. The van der Waals surface area contributed by atoms with Crippen LogP contribution in [0.1, 0.15) is 16.6 Å². The van der Waals surface area contributed by atoms with Crippen molar-refractivity contribution >= 4 is 46.7 Å². The number of thioether (sulfide) groups is 2. The van der Waals surface area contributed by atoms with Gasteiger partial charge in [-0.2, -0.15) is 0 Å². The Balaban J connectivity index is 1.23. The Morgan fingerprint density at radius 1 is 0.966 bits per heavy atom. The van der Waals surface area contributed by atoms with Crippen molar-refractivity contribution < 1.29 is 9.53 Å². The summed E-state index contributed by atoms with van der Waals surface area (Å²) in [6, 6.07) is 16.1. The fourth-order valence-corrected chi connectivity index (χ4v) is 6.52. The predicted octanol–water partition coefficient (Wildman–Crippen LogP) is 4.94. The summed E-state index contributed by atoms with van der Waals surface area (Å²) in [7, 11) is 0. The van der Waals surface area contributed by atoms with Gasteiger partial charge in [-0.25, -0.2) is 0 Å². The SMILES string of the molecule is O=C(COc1ccc(C2SCCCS2)cc1)N1CCN(c2ccc(Cl)cc2)CC1. The van der Waals surface area contributed by atoms with Crippen LogP contribution in [-0.2, 0) is 4.79 Å². The van der Waals surface area contributed by atoms with E-state index < -0.39 is 0 Å². The highest BCUT2D eigenvalue weighted by Crippen LogP contribution is 2.43. The standard InChI is InChI=1S/C22H25ClN2O2S2/c23-18-4-6-19(7-5-18)24-10-12-25(13-11-24)21(26)16-27-20-8-2-17(3-9-20)22-28-14-1-15-29-22/h2-9,22H,1,10-16H2. The first-order chi connectivity index (χ1) is 14.2. The molecule has 0 atom stereocenters. The molecule has 0 aromatic heterocycles. The minimum atomic E-state index is 0.0447. The zero-order valence-corrected chi connectivity index (χ0v) is 18.6.